The highest BCUT2D eigenvalue weighted by Gasteiger charge is 2.35. The van der Waals surface area contributed by atoms with Crippen LogP contribution in [0.5, 0.6) is 11.5 Å². The molecule has 0 aromatic heterocycles. The van der Waals surface area contributed by atoms with Crippen molar-refractivity contribution in [3.63, 3.8) is 0 Å². The number of rotatable bonds is 4. The van der Waals surface area contributed by atoms with Gasteiger partial charge >= 0.3 is 17.9 Å². The van der Waals surface area contributed by atoms with Gasteiger partial charge in [-0.3, -0.25) is 19.8 Å². The van der Waals surface area contributed by atoms with Crippen LogP contribution in [-0.4, -0.2) is 53.7 Å². The summed E-state index contributed by atoms with van der Waals surface area (Å²) in [7, 11) is 1.86. The normalized spacial score (nSPS) is 11.0. The van der Waals surface area contributed by atoms with E-state index in [2.05, 4.69) is 4.74 Å². The average molecular weight is 386 g/mol. The molecular weight excluding hydrogens is 375 g/mol. The van der Waals surface area contributed by atoms with Crippen molar-refractivity contribution in [2.45, 2.75) is 6.18 Å². The maximum atomic E-state index is 12.3. The number of alkyl halides is 3. The number of urea groups is 1. The summed E-state index contributed by atoms with van der Waals surface area (Å²) in [6.45, 7) is -1.72. The summed E-state index contributed by atoms with van der Waals surface area (Å²) in [5.41, 5.74) is -2.03. The van der Waals surface area contributed by atoms with Gasteiger partial charge in [-0.05, 0) is 0 Å². The Balaban J connectivity index is 3.27. The first-order valence-electron chi connectivity index (χ1n) is 6.27. The number of hydrogen-bond acceptors (Lipinski definition) is 6. The van der Waals surface area contributed by atoms with Crippen LogP contribution >= 0.6 is 11.6 Å². The molecule has 1 aromatic rings. The number of amides is 3. The molecule has 0 heterocycles. The number of nitrogens with one attached hydrogen (secondary N) is 1. The first-order chi connectivity index (χ1) is 11.4. The van der Waals surface area contributed by atoms with Crippen LogP contribution in [0, 0.1) is 10.1 Å². The summed E-state index contributed by atoms with van der Waals surface area (Å²) in [6.07, 6.45) is -4.72. The Bertz CT molecular complexity index is 725. The van der Waals surface area contributed by atoms with Crippen LogP contribution in [0.4, 0.5) is 23.7 Å². The molecule has 0 unspecified atom stereocenters. The predicted octanol–water partition coefficient (Wildman–Crippen LogP) is 2.31. The largest absolute Gasteiger partial charge is 0.499 e. The lowest BCUT2D eigenvalue weighted by atomic mass is 10.1. The number of hydrogen-bond donors (Lipinski definition) is 2. The average Bonchev–Trinajstić information content (AvgIpc) is 2.51. The molecule has 0 bridgehead atoms. The highest BCUT2D eigenvalue weighted by atomic mass is 35.5. The van der Waals surface area contributed by atoms with Gasteiger partial charge in [0.25, 0.3) is 5.91 Å². The van der Waals surface area contributed by atoms with Gasteiger partial charge < -0.3 is 15.2 Å². The number of benzene rings is 1. The zero-order chi connectivity index (χ0) is 19.5. The Morgan fingerprint density at radius 3 is 2.48 bits per heavy atom. The fourth-order valence-corrected chi connectivity index (χ4v) is 1.96. The molecule has 0 atom stereocenters. The summed E-state index contributed by atoms with van der Waals surface area (Å²) in [5, 5.41) is 21.8. The topological polar surface area (TPSA) is 122 Å². The van der Waals surface area contributed by atoms with Gasteiger partial charge in [-0.1, -0.05) is 11.6 Å². The van der Waals surface area contributed by atoms with E-state index in [1.54, 1.807) is 0 Å². The highest BCUT2D eigenvalue weighted by molar-refractivity contribution is 6.35. The molecule has 0 saturated carbocycles. The number of nitrogens with zero attached hydrogens (tertiary/aromatic N) is 2. The number of phenols is 1. The molecule has 1 rings (SSSR count). The monoisotopic (exact) mass is 385 g/mol. The number of nitro benzene ring substituents is 1. The van der Waals surface area contributed by atoms with Crippen molar-refractivity contribution in [3.8, 4) is 11.5 Å². The van der Waals surface area contributed by atoms with Crippen LogP contribution in [-0.2, 0) is 0 Å². The number of carbonyl (C=O) groups excluding carboxylic acids is 2. The molecule has 0 aliphatic heterocycles. The lowest BCUT2D eigenvalue weighted by Crippen LogP contribution is -2.44. The lowest BCUT2D eigenvalue weighted by Gasteiger charge is -2.18. The van der Waals surface area contributed by atoms with Crippen molar-refractivity contribution >= 4 is 29.2 Å². The molecule has 138 valence electrons. The number of methoxy groups -OCH3 is 1. The lowest BCUT2D eigenvalue weighted by molar-refractivity contribution is -0.386. The van der Waals surface area contributed by atoms with Gasteiger partial charge in [0.15, 0.2) is 5.75 Å². The second-order valence-electron chi connectivity index (χ2n) is 4.53. The Hall–Kier alpha value is -2.76. The number of imide groups is 1. The van der Waals surface area contributed by atoms with E-state index in [-0.39, 0.29) is 4.90 Å². The third-order valence-electron chi connectivity index (χ3n) is 2.86. The molecule has 0 aliphatic rings. The Kier molecular flexibility index (Phi) is 6.02. The van der Waals surface area contributed by atoms with Crippen LogP contribution < -0.4 is 10.1 Å². The molecule has 0 saturated heterocycles. The van der Waals surface area contributed by atoms with Gasteiger partial charge in [0, 0.05) is 13.1 Å². The summed E-state index contributed by atoms with van der Waals surface area (Å²) >= 11 is 5.77. The SMILES string of the molecule is COc1cc(Cl)c(C(=O)N(C)C(=O)NCC(F)(F)F)c([N+](=O)[O-])c1O. The smallest absolute Gasteiger partial charge is 0.405 e. The highest BCUT2D eigenvalue weighted by Crippen LogP contribution is 2.43. The first kappa shape index (κ1) is 20.3. The maximum absolute atomic E-state index is 12.3. The number of nitro groups is 1. The molecule has 0 radical (unpaired) electrons. The van der Waals surface area contributed by atoms with Crippen molar-refractivity contribution in [1.82, 2.24) is 10.2 Å². The number of halogens is 4. The standard InChI is InChI=1S/C12H11ClF3N3O6/c1-18(11(22)17-4-12(14,15)16)10(21)7-5(13)3-6(25-2)9(20)8(7)19(23)24/h3,20H,4H2,1-2H3,(H,17,22). The van der Waals surface area contributed by atoms with Gasteiger partial charge in [0.1, 0.15) is 12.1 Å². The second kappa shape index (κ2) is 7.42. The van der Waals surface area contributed by atoms with Crippen LogP contribution in [0.25, 0.3) is 0 Å². The van der Waals surface area contributed by atoms with E-state index in [1.165, 1.54) is 5.32 Å². The first-order valence-corrected chi connectivity index (χ1v) is 6.65. The van der Waals surface area contributed by atoms with Crippen molar-refractivity contribution in [1.29, 1.82) is 0 Å². The molecule has 25 heavy (non-hydrogen) atoms. The molecule has 0 fully saturated rings. The van der Waals surface area contributed by atoms with E-state index >= 15 is 0 Å². The van der Waals surface area contributed by atoms with Crippen LogP contribution in [0.15, 0.2) is 6.07 Å². The van der Waals surface area contributed by atoms with E-state index in [1.807, 2.05) is 0 Å². The van der Waals surface area contributed by atoms with Gasteiger partial charge in [-0.15, -0.1) is 0 Å². The van der Waals surface area contributed by atoms with Gasteiger partial charge in [0.05, 0.1) is 17.1 Å². The zero-order valence-corrected chi connectivity index (χ0v) is 13.4. The minimum absolute atomic E-state index is 0.159. The van der Waals surface area contributed by atoms with E-state index in [9.17, 15) is 38.0 Å². The van der Waals surface area contributed by atoms with Gasteiger partial charge in [-0.2, -0.15) is 13.2 Å². The molecule has 13 heteroatoms. The van der Waals surface area contributed by atoms with E-state index in [0.29, 0.717) is 0 Å². The third kappa shape index (κ3) is 4.62. The minimum Gasteiger partial charge on any atom is -0.499 e. The van der Waals surface area contributed by atoms with Gasteiger partial charge in [-0.25, -0.2) is 4.79 Å². The summed E-state index contributed by atoms with van der Waals surface area (Å²) in [4.78, 5) is 34.0. The summed E-state index contributed by atoms with van der Waals surface area (Å²) in [6, 6.07) is -0.582. The van der Waals surface area contributed by atoms with Crippen LogP contribution in [0.2, 0.25) is 5.02 Å². The molecule has 0 spiro atoms. The Labute approximate surface area is 143 Å². The van der Waals surface area contributed by atoms with Gasteiger partial charge in [0.2, 0.25) is 5.75 Å². The fourth-order valence-electron chi connectivity index (χ4n) is 1.69. The third-order valence-corrected chi connectivity index (χ3v) is 3.15. The number of aromatic hydroxyl groups is 1. The van der Waals surface area contributed by atoms with Crippen molar-refractivity contribution in [2.75, 3.05) is 20.7 Å². The fraction of sp³-hybridized carbons (Fsp3) is 0.333. The predicted molar refractivity (Wildman–Crippen MR) is 77.9 cm³/mol. The molecule has 9 nitrogen and oxygen atoms in total. The maximum Gasteiger partial charge on any atom is 0.405 e. The molecule has 1 aromatic carbocycles. The van der Waals surface area contributed by atoms with Crippen LogP contribution in [0.1, 0.15) is 10.4 Å². The second-order valence-corrected chi connectivity index (χ2v) is 4.94. The molecule has 2 N–H and O–H groups in total. The number of carbonyl (C=O) groups is 2. The molecule has 0 aliphatic carbocycles. The minimum atomic E-state index is -4.72. The quantitative estimate of drug-likeness (QED) is 0.605. The van der Waals surface area contributed by atoms with E-state index in [0.717, 1.165) is 20.2 Å². The number of ether oxygens (including phenoxy) is 1. The van der Waals surface area contributed by atoms with Crippen molar-refractivity contribution in [2.24, 2.45) is 0 Å². The van der Waals surface area contributed by atoms with E-state index < -0.39 is 57.4 Å². The summed E-state index contributed by atoms with van der Waals surface area (Å²) in [5.74, 6) is -2.82. The Morgan fingerprint density at radius 1 is 1.48 bits per heavy atom. The molecule has 3 amide bonds. The Morgan fingerprint density at radius 2 is 2.04 bits per heavy atom. The van der Waals surface area contributed by atoms with Crippen LogP contribution in [0.3, 0.4) is 0 Å². The number of phenolic OH excluding ortho intramolecular Hbond substituents is 1. The van der Waals surface area contributed by atoms with E-state index in [4.69, 9.17) is 11.6 Å². The molecular formula is C12H11ClF3N3O6. The summed E-state index contributed by atoms with van der Waals surface area (Å²) < 4.78 is 41.0. The zero-order valence-electron chi connectivity index (χ0n) is 12.7. The van der Waals surface area contributed by atoms with Crippen molar-refractivity contribution < 1.29 is 37.5 Å². The van der Waals surface area contributed by atoms with Crippen molar-refractivity contribution in [3.05, 3.63) is 26.8 Å².